The minimum absolute atomic E-state index is 0.158. The zero-order chi connectivity index (χ0) is 13.3. The van der Waals surface area contributed by atoms with Gasteiger partial charge in [-0.25, -0.2) is 4.98 Å². The second-order valence-corrected chi connectivity index (χ2v) is 5.58. The van der Waals surface area contributed by atoms with Gasteiger partial charge in [-0.15, -0.1) is 11.3 Å². The summed E-state index contributed by atoms with van der Waals surface area (Å²) in [4.78, 5) is 16.4. The Labute approximate surface area is 110 Å². The summed E-state index contributed by atoms with van der Waals surface area (Å²) < 4.78 is 1.71. The van der Waals surface area contributed by atoms with Gasteiger partial charge in [-0.2, -0.15) is 0 Å². The number of nitrogens with zero attached hydrogens (tertiary/aromatic N) is 2. The lowest BCUT2D eigenvalue weighted by molar-refractivity contribution is 0.0903. The van der Waals surface area contributed by atoms with Gasteiger partial charge in [-0.3, -0.25) is 4.79 Å². The molecule has 0 fully saturated rings. The van der Waals surface area contributed by atoms with E-state index in [4.69, 9.17) is 5.73 Å². The Morgan fingerprint density at radius 2 is 2.28 bits per heavy atom. The molecule has 6 heteroatoms. The van der Waals surface area contributed by atoms with Crippen LogP contribution >= 0.6 is 11.3 Å². The molecule has 0 aromatic carbocycles. The van der Waals surface area contributed by atoms with Crippen molar-refractivity contribution in [2.75, 3.05) is 5.73 Å². The van der Waals surface area contributed by atoms with Crippen molar-refractivity contribution in [1.29, 1.82) is 0 Å². The standard InChI is InChI=1S/C12H16N4OS/c1-12(2,11-14-4-5-18-11)15-10(17)9-6-8(13)7-16(9)3/h4-7H,13H2,1-3H3,(H,15,17). The molecule has 1 amide bonds. The fourth-order valence-electron chi connectivity index (χ4n) is 1.75. The van der Waals surface area contributed by atoms with Crippen LogP contribution < -0.4 is 11.1 Å². The third-order valence-electron chi connectivity index (χ3n) is 2.65. The second-order valence-electron chi connectivity index (χ2n) is 4.69. The summed E-state index contributed by atoms with van der Waals surface area (Å²) in [6.07, 6.45) is 3.44. The predicted octanol–water partition coefficient (Wildman–Crippen LogP) is 1.73. The zero-order valence-electron chi connectivity index (χ0n) is 10.6. The molecule has 2 aromatic rings. The summed E-state index contributed by atoms with van der Waals surface area (Å²) >= 11 is 1.52. The number of hydrogen-bond donors (Lipinski definition) is 2. The van der Waals surface area contributed by atoms with Gasteiger partial charge in [0.2, 0.25) is 0 Å². The molecule has 0 atom stereocenters. The number of nitrogens with two attached hydrogens (primary N) is 1. The van der Waals surface area contributed by atoms with E-state index in [-0.39, 0.29) is 5.91 Å². The van der Waals surface area contributed by atoms with Crippen LogP contribution in [-0.4, -0.2) is 15.5 Å². The molecule has 0 unspecified atom stereocenters. The molecular weight excluding hydrogens is 248 g/mol. The lowest BCUT2D eigenvalue weighted by Crippen LogP contribution is -2.41. The van der Waals surface area contributed by atoms with Crippen LogP contribution in [0.1, 0.15) is 29.3 Å². The topological polar surface area (TPSA) is 72.9 Å². The highest BCUT2D eigenvalue weighted by Gasteiger charge is 2.26. The van der Waals surface area contributed by atoms with Crippen molar-refractivity contribution < 1.29 is 4.79 Å². The number of amides is 1. The fourth-order valence-corrected chi connectivity index (χ4v) is 2.47. The Morgan fingerprint density at radius 1 is 1.56 bits per heavy atom. The van der Waals surface area contributed by atoms with Gasteiger partial charge in [0.25, 0.3) is 5.91 Å². The normalized spacial score (nSPS) is 11.5. The number of carbonyl (C=O) groups is 1. The average molecular weight is 264 g/mol. The van der Waals surface area contributed by atoms with Crippen LogP contribution in [-0.2, 0) is 12.6 Å². The number of hydrogen-bond acceptors (Lipinski definition) is 4. The van der Waals surface area contributed by atoms with Crippen LogP contribution in [0, 0.1) is 0 Å². The quantitative estimate of drug-likeness (QED) is 0.886. The van der Waals surface area contributed by atoms with Crippen molar-refractivity contribution in [3.8, 4) is 0 Å². The molecule has 0 radical (unpaired) electrons. The lowest BCUT2D eigenvalue weighted by atomic mass is 10.1. The van der Waals surface area contributed by atoms with E-state index in [0.717, 1.165) is 5.01 Å². The Hall–Kier alpha value is -1.82. The summed E-state index contributed by atoms with van der Waals surface area (Å²) in [5, 5.41) is 5.73. The maximum absolute atomic E-state index is 12.2. The minimum atomic E-state index is -0.496. The first-order chi connectivity index (χ1) is 8.40. The third-order valence-corrected chi connectivity index (χ3v) is 3.75. The molecule has 2 heterocycles. The highest BCUT2D eigenvalue weighted by atomic mass is 32.1. The molecule has 5 nitrogen and oxygen atoms in total. The van der Waals surface area contributed by atoms with Gasteiger partial charge < -0.3 is 15.6 Å². The van der Waals surface area contributed by atoms with Gasteiger partial charge in [-0.1, -0.05) is 0 Å². The summed E-state index contributed by atoms with van der Waals surface area (Å²) in [6.45, 7) is 3.85. The number of nitrogens with one attached hydrogen (secondary N) is 1. The van der Waals surface area contributed by atoms with Crippen LogP contribution in [0.2, 0.25) is 0 Å². The smallest absolute Gasteiger partial charge is 0.268 e. The van der Waals surface area contributed by atoms with Crippen LogP contribution in [0.5, 0.6) is 0 Å². The number of aryl methyl sites for hydroxylation is 1. The number of nitrogen functional groups attached to an aromatic ring is 1. The number of rotatable bonds is 3. The predicted molar refractivity (Wildman–Crippen MR) is 72.4 cm³/mol. The van der Waals surface area contributed by atoms with Gasteiger partial charge in [0.15, 0.2) is 0 Å². The van der Waals surface area contributed by atoms with Gasteiger partial charge >= 0.3 is 0 Å². The van der Waals surface area contributed by atoms with Crippen molar-refractivity contribution in [3.05, 3.63) is 34.5 Å². The maximum atomic E-state index is 12.2. The van der Waals surface area contributed by atoms with E-state index in [1.54, 1.807) is 30.1 Å². The Kier molecular flexibility index (Phi) is 3.13. The molecule has 0 aliphatic rings. The molecule has 0 saturated heterocycles. The molecule has 0 aliphatic carbocycles. The van der Waals surface area contributed by atoms with E-state index in [9.17, 15) is 4.79 Å². The number of carbonyl (C=O) groups excluding carboxylic acids is 1. The average Bonchev–Trinajstić information content (AvgIpc) is 2.86. The summed E-state index contributed by atoms with van der Waals surface area (Å²) in [6, 6.07) is 1.66. The van der Waals surface area contributed by atoms with E-state index in [0.29, 0.717) is 11.4 Å². The molecule has 0 saturated carbocycles. The first kappa shape index (κ1) is 12.6. The minimum Gasteiger partial charge on any atom is -0.397 e. The van der Waals surface area contributed by atoms with Crippen LogP contribution in [0.25, 0.3) is 0 Å². The summed E-state index contributed by atoms with van der Waals surface area (Å²) in [7, 11) is 1.79. The van der Waals surface area contributed by atoms with Crippen molar-refractivity contribution in [2.24, 2.45) is 7.05 Å². The Bertz CT molecular complexity index is 557. The fraction of sp³-hybridized carbons (Fsp3) is 0.333. The molecule has 0 bridgehead atoms. The summed E-state index contributed by atoms with van der Waals surface area (Å²) in [5.74, 6) is -0.158. The maximum Gasteiger partial charge on any atom is 0.268 e. The first-order valence-corrected chi connectivity index (χ1v) is 6.42. The van der Waals surface area contributed by atoms with Crippen LogP contribution in [0.4, 0.5) is 5.69 Å². The van der Waals surface area contributed by atoms with E-state index in [1.165, 1.54) is 11.3 Å². The van der Waals surface area contributed by atoms with E-state index in [2.05, 4.69) is 10.3 Å². The van der Waals surface area contributed by atoms with Crippen molar-refractivity contribution >= 4 is 22.9 Å². The van der Waals surface area contributed by atoms with E-state index in [1.807, 2.05) is 19.2 Å². The second kappa shape index (κ2) is 4.45. The van der Waals surface area contributed by atoms with Crippen LogP contribution in [0.3, 0.4) is 0 Å². The lowest BCUT2D eigenvalue weighted by Gasteiger charge is -2.23. The molecule has 0 aliphatic heterocycles. The van der Waals surface area contributed by atoms with Gasteiger partial charge in [0.05, 0.1) is 11.2 Å². The Morgan fingerprint density at radius 3 is 2.78 bits per heavy atom. The zero-order valence-corrected chi connectivity index (χ0v) is 11.4. The van der Waals surface area contributed by atoms with E-state index >= 15 is 0 Å². The monoisotopic (exact) mass is 264 g/mol. The van der Waals surface area contributed by atoms with Crippen molar-refractivity contribution in [1.82, 2.24) is 14.9 Å². The first-order valence-electron chi connectivity index (χ1n) is 5.54. The summed E-state index contributed by atoms with van der Waals surface area (Å²) in [5.41, 5.74) is 6.29. The number of thiazole rings is 1. The van der Waals surface area contributed by atoms with E-state index < -0.39 is 5.54 Å². The highest BCUT2D eigenvalue weighted by molar-refractivity contribution is 7.09. The number of anilines is 1. The van der Waals surface area contributed by atoms with Gasteiger partial charge in [0.1, 0.15) is 10.7 Å². The molecule has 2 aromatic heterocycles. The van der Waals surface area contributed by atoms with Crippen molar-refractivity contribution in [3.63, 3.8) is 0 Å². The Balaban J connectivity index is 2.19. The third kappa shape index (κ3) is 2.38. The highest BCUT2D eigenvalue weighted by Crippen LogP contribution is 2.22. The van der Waals surface area contributed by atoms with Gasteiger partial charge in [0, 0.05) is 24.8 Å². The number of aromatic nitrogens is 2. The largest absolute Gasteiger partial charge is 0.397 e. The van der Waals surface area contributed by atoms with Crippen molar-refractivity contribution in [2.45, 2.75) is 19.4 Å². The molecular formula is C12H16N4OS. The molecule has 3 N–H and O–H groups in total. The van der Waals surface area contributed by atoms with Crippen LogP contribution in [0.15, 0.2) is 23.8 Å². The SMILES string of the molecule is Cn1cc(N)cc1C(=O)NC(C)(C)c1nccs1. The molecule has 2 rings (SSSR count). The molecule has 96 valence electrons. The van der Waals surface area contributed by atoms with Gasteiger partial charge in [-0.05, 0) is 19.9 Å². The molecule has 18 heavy (non-hydrogen) atoms. The molecule has 0 spiro atoms.